The summed E-state index contributed by atoms with van der Waals surface area (Å²) in [5.74, 6) is 0.307. The summed E-state index contributed by atoms with van der Waals surface area (Å²) in [5, 5.41) is 2.85. The van der Waals surface area contributed by atoms with Crippen LogP contribution in [0.5, 0.6) is 5.75 Å². The number of carbonyl (C=O) groups excluding carboxylic acids is 1. The summed E-state index contributed by atoms with van der Waals surface area (Å²) in [7, 11) is 0. The van der Waals surface area contributed by atoms with E-state index in [4.69, 9.17) is 4.74 Å². The highest BCUT2D eigenvalue weighted by Crippen LogP contribution is 2.07. The quantitative estimate of drug-likeness (QED) is 0.445. The fourth-order valence-corrected chi connectivity index (χ4v) is 1.52. The maximum Gasteiger partial charge on any atom is 0.308 e. The van der Waals surface area contributed by atoms with Crippen LogP contribution >= 0.6 is 0 Å². The summed E-state index contributed by atoms with van der Waals surface area (Å²) in [6, 6.07) is 8.98. The molecule has 0 spiro atoms. The first kappa shape index (κ1) is 14.2. The van der Waals surface area contributed by atoms with Crippen LogP contribution in [0.2, 0.25) is 10.6 Å². The highest BCUT2D eigenvalue weighted by Gasteiger charge is 1.92. The Hall–Kier alpha value is -0.778. The van der Waals surface area contributed by atoms with E-state index in [1.807, 2.05) is 18.2 Å². The van der Waals surface area contributed by atoms with E-state index in [1.54, 1.807) is 12.1 Å². The Morgan fingerprint density at radius 3 is 2.07 bits per heavy atom. The van der Waals surface area contributed by atoms with Crippen molar-refractivity contribution in [1.29, 1.82) is 0 Å². The van der Waals surface area contributed by atoms with Gasteiger partial charge in [0.05, 0.1) is 0 Å². The van der Waals surface area contributed by atoms with Crippen LogP contribution in [0.15, 0.2) is 30.3 Å². The molecule has 0 saturated carbocycles. The molecule has 0 aliphatic rings. The lowest BCUT2D eigenvalue weighted by molar-refractivity contribution is -0.131. The third-order valence-corrected chi connectivity index (χ3v) is 2.74. The summed E-state index contributed by atoms with van der Waals surface area (Å²) in [6.45, 7) is 5.88. The highest BCUT2D eigenvalue weighted by atomic mass is 27.1. The minimum Gasteiger partial charge on any atom is -0.427 e. The molecule has 0 saturated heterocycles. The molecule has 0 aliphatic carbocycles. The Morgan fingerprint density at radius 2 is 1.73 bits per heavy atom. The minimum absolute atomic E-state index is 0.286. The van der Waals surface area contributed by atoms with Gasteiger partial charge in [-0.15, -0.1) is 10.6 Å². The first-order chi connectivity index (χ1) is 7.20. The van der Waals surface area contributed by atoms with Gasteiger partial charge < -0.3 is 4.74 Å². The fourth-order valence-electron chi connectivity index (χ4n) is 0.943. The predicted octanol–water partition coefficient (Wildman–Crippen LogP) is 3.18. The van der Waals surface area contributed by atoms with Crippen LogP contribution in [0.3, 0.4) is 0 Å². The van der Waals surface area contributed by atoms with E-state index in [0.717, 1.165) is 15.2 Å². The maximum atomic E-state index is 10.4. The number of benzene rings is 1. The smallest absolute Gasteiger partial charge is 0.308 e. The monoisotopic (exact) mass is 221 g/mol. The fraction of sp³-hybridized carbons (Fsp3) is 0.417. The summed E-state index contributed by atoms with van der Waals surface area (Å²) in [5.41, 5.74) is 0. The molecule has 0 atom stereocenters. The SMILES string of the molecule is CC(=O)Oc1ccccc1.C[CH2][Al][CH2]C. The second-order valence-electron chi connectivity index (χ2n) is 3.01. The lowest BCUT2D eigenvalue weighted by Gasteiger charge is -1.97. The molecule has 0 fully saturated rings. The Balaban J connectivity index is 0.000000336. The molecule has 2 nitrogen and oxygen atoms in total. The number of hydrogen-bond acceptors (Lipinski definition) is 2. The molecule has 0 unspecified atom stereocenters. The van der Waals surface area contributed by atoms with E-state index in [-0.39, 0.29) is 5.97 Å². The van der Waals surface area contributed by atoms with Crippen LogP contribution in [0.1, 0.15) is 20.8 Å². The van der Waals surface area contributed by atoms with Crippen LogP contribution in [0.25, 0.3) is 0 Å². The third-order valence-electron chi connectivity index (χ3n) is 1.58. The van der Waals surface area contributed by atoms with Gasteiger partial charge in [-0.2, -0.15) is 0 Å². The van der Waals surface area contributed by atoms with E-state index in [1.165, 1.54) is 17.5 Å². The third kappa shape index (κ3) is 9.52. The van der Waals surface area contributed by atoms with E-state index < -0.39 is 0 Å². The topological polar surface area (TPSA) is 26.3 Å². The molecule has 1 rings (SSSR count). The summed E-state index contributed by atoms with van der Waals surface area (Å²) in [4.78, 5) is 10.4. The van der Waals surface area contributed by atoms with E-state index in [2.05, 4.69) is 13.8 Å². The zero-order chi connectivity index (χ0) is 11.5. The van der Waals surface area contributed by atoms with Crippen LogP contribution < -0.4 is 4.74 Å². The molecule has 0 heterocycles. The number of carbonyl (C=O) groups is 1. The van der Waals surface area contributed by atoms with Gasteiger partial charge in [-0.3, -0.25) is 4.79 Å². The number of esters is 1. The molecule has 81 valence electrons. The number of ether oxygens (including phenoxy) is 1. The van der Waals surface area contributed by atoms with Crippen molar-refractivity contribution < 1.29 is 9.53 Å². The number of para-hydroxylation sites is 1. The lowest BCUT2D eigenvalue weighted by atomic mass is 10.3. The molecule has 1 radical (unpaired) electrons. The van der Waals surface area contributed by atoms with Gasteiger partial charge in [-0.05, 0) is 12.1 Å². The lowest BCUT2D eigenvalue weighted by Crippen LogP contribution is -2.00. The Morgan fingerprint density at radius 1 is 1.20 bits per heavy atom. The molecule has 1 aromatic rings. The standard InChI is InChI=1S/C8H8O2.2C2H5.Al/c1-7(9)10-8-5-3-2-4-6-8;2*1-2;/h2-6H,1H3;2*1H2,2H3;. The second-order valence-corrected chi connectivity index (χ2v) is 5.22. The van der Waals surface area contributed by atoms with Crippen LogP contribution in [-0.2, 0) is 4.79 Å². The van der Waals surface area contributed by atoms with E-state index >= 15 is 0 Å². The van der Waals surface area contributed by atoms with Crippen LogP contribution in [-0.4, -0.2) is 21.2 Å². The van der Waals surface area contributed by atoms with Crippen molar-refractivity contribution in [2.24, 2.45) is 0 Å². The normalized spacial score (nSPS) is 8.47. The van der Waals surface area contributed by atoms with Crippen molar-refractivity contribution in [3.05, 3.63) is 30.3 Å². The van der Waals surface area contributed by atoms with Crippen molar-refractivity contribution in [3.8, 4) is 5.75 Å². The molecule has 0 amide bonds. The van der Waals surface area contributed by atoms with Gasteiger partial charge in [0.2, 0.25) is 0 Å². The van der Waals surface area contributed by atoms with Crippen LogP contribution in [0, 0.1) is 0 Å². The number of rotatable bonds is 3. The second kappa shape index (κ2) is 9.77. The van der Waals surface area contributed by atoms with Crippen molar-refractivity contribution >= 4 is 21.2 Å². The van der Waals surface area contributed by atoms with Gasteiger partial charge in [0.1, 0.15) is 5.75 Å². The summed E-state index contributed by atoms with van der Waals surface area (Å²) in [6.07, 6.45) is 0. The Kier molecular flexibility index (Phi) is 9.26. The van der Waals surface area contributed by atoms with Gasteiger partial charge >= 0.3 is 5.97 Å². The summed E-state index contributed by atoms with van der Waals surface area (Å²) >= 11 is 0.815. The molecule has 0 aromatic heterocycles. The number of hydrogen-bond donors (Lipinski definition) is 0. The zero-order valence-corrected chi connectivity index (χ0v) is 10.8. The molecule has 3 heteroatoms. The van der Waals surface area contributed by atoms with E-state index in [9.17, 15) is 4.79 Å². The Labute approximate surface area is 98.4 Å². The maximum absolute atomic E-state index is 10.4. The molecule has 0 bridgehead atoms. The van der Waals surface area contributed by atoms with Gasteiger partial charge in [-0.25, -0.2) is 0 Å². The zero-order valence-electron chi connectivity index (χ0n) is 9.69. The molecule has 0 N–H and O–H groups in total. The molecule has 15 heavy (non-hydrogen) atoms. The molecular weight excluding hydrogens is 203 g/mol. The molecule has 1 aromatic carbocycles. The van der Waals surface area contributed by atoms with Gasteiger partial charge in [0.25, 0.3) is 0 Å². The minimum atomic E-state index is -0.286. The molecule has 0 aliphatic heterocycles. The van der Waals surface area contributed by atoms with Crippen LogP contribution in [0.4, 0.5) is 0 Å². The first-order valence-electron chi connectivity index (χ1n) is 5.25. The van der Waals surface area contributed by atoms with E-state index in [0.29, 0.717) is 5.75 Å². The van der Waals surface area contributed by atoms with Crippen molar-refractivity contribution in [3.63, 3.8) is 0 Å². The van der Waals surface area contributed by atoms with Gasteiger partial charge in [0.15, 0.2) is 15.2 Å². The van der Waals surface area contributed by atoms with Gasteiger partial charge in [-0.1, -0.05) is 32.0 Å². The van der Waals surface area contributed by atoms with Crippen molar-refractivity contribution in [1.82, 2.24) is 0 Å². The highest BCUT2D eigenvalue weighted by molar-refractivity contribution is 6.34. The van der Waals surface area contributed by atoms with Gasteiger partial charge in [0, 0.05) is 6.92 Å². The first-order valence-corrected chi connectivity index (χ1v) is 6.89. The average molecular weight is 221 g/mol. The Bertz CT molecular complexity index is 258. The average Bonchev–Trinajstić information content (AvgIpc) is 2.20. The largest absolute Gasteiger partial charge is 0.427 e. The summed E-state index contributed by atoms with van der Waals surface area (Å²) < 4.78 is 4.78. The van der Waals surface area contributed by atoms with Crippen molar-refractivity contribution in [2.45, 2.75) is 31.3 Å². The predicted molar refractivity (Wildman–Crippen MR) is 64.5 cm³/mol. The molecular formula is C12H18AlO2. The van der Waals surface area contributed by atoms with Crippen molar-refractivity contribution in [2.75, 3.05) is 0 Å².